The highest BCUT2D eigenvalue weighted by Gasteiger charge is 2.40. The first-order chi connectivity index (χ1) is 9.33. The average molecular weight is 286 g/mol. The maximum Gasteiger partial charge on any atom is 0.310 e. The van der Waals surface area contributed by atoms with Gasteiger partial charge in [0, 0.05) is 19.7 Å². The van der Waals surface area contributed by atoms with Crippen molar-refractivity contribution in [1.29, 1.82) is 0 Å². The van der Waals surface area contributed by atoms with E-state index in [9.17, 15) is 9.59 Å². The lowest BCUT2D eigenvalue weighted by molar-refractivity contribution is -0.147. The fourth-order valence-electron chi connectivity index (χ4n) is 2.24. The van der Waals surface area contributed by atoms with Crippen LogP contribution >= 0.6 is 0 Å². The molecule has 2 N–H and O–H groups in total. The maximum atomic E-state index is 11.7. The third kappa shape index (κ3) is 5.46. The SMILES string of the molecule is CC(C)OCCCNC(=O)CN1CCC(C)(C(=O)O)C1. The van der Waals surface area contributed by atoms with Crippen LogP contribution in [-0.4, -0.2) is 60.8 Å². The molecule has 1 aliphatic heterocycles. The van der Waals surface area contributed by atoms with Gasteiger partial charge in [-0.1, -0.05) is 0 Å². The number of ether oxygens (including phenoxy) is 1. The van der Waals surface area contributed by atoms with Crippen LogP contribution in [0.25, 0.3) is 0 Å². The Labute approximate surface area is 120 Å². The van der Waals surface area contributed by atoms with Gasteiger partial charge in [0.25, 0.3) is 0 Å². The molecule has 116 valence electrons. The fourth-order valence-corrected chi connectivity index (χ4v) is 2.24. The van der Waals surface area contributed by atoms with Crippen molar-refractivity contribution < 1.29 is 19.4 Å². The average Bonchev–Trinajstić information content (AvgIpc) is 2.71. The number of nitrogens with zero attached hydrogens (tertiary/aromatic N) is 1. The zero-order chi connectivity index (χ0) is 15.2. The van der Waals surface area contributed by atoms with Crippen LogP contribution in [0.5, 0.6) is 0 Å². The summed E-state index contributed by atoms with van der Waals surface area (Å²) in [5.74, 6) is -0.838. The van der Waals surface area contributed by atoms with Crippen molar-refractivity contribution >= 4 is 11.9 Å². The Morgan fingerprint density at radius 2 is 2.15 bits per heavy atom. The van der Waals surface area contributed by atoms with Gasteiger partial charge < -0.3 is 15.2 Å². The Morgan fingerprint density at radius 3 is 2.70 bits per heavy atom. The summed E-state index contributed by atoms with van der Waals surface area (Å²) in [6.45, 7) is 8.29. The second-order valence-corrected chi connectivity index (χ2v) is 5.95. The van der Waals surface area contributed by atoms with Crippen molar-refractivity contribution in [2.24, 2.45) is 5.41 Å². The van der Waals surface area contributed by atoms with Gasteiger partial charge in [0.2, 0.25) is 5.91 Å². The summed E-state index contributed by atoms with van der Waals surface area (Å²) in [6.07, 6.45) is 1.60. The van der Waals surface area contributed by atoms with Crippen molar-refractivity contribution in [3.05, 3.63) is 0 Å². The molecule has 1 unspecified atom stereocenters. The monoisotopic (exact) mass is 286 g/mol. The van der Waals surface area contributed by atoms with Gasteiger partial charge in [-0.05, 0) is 40.2 Å². The topological polar surface area (TPSA) is 78.9 Å². The number of hydrogen-bond donors (Lipinski definition) is 2. The molecule has 0 spiro atoms. The molecule has 6 heteroatoms. The molecule has 0 radical (unpaired) electrons. The summed E-state index contributed by atoms with van der Waals surface area (Å²) in [5, 5.41) is 12.0. The number of aliphatic carboxylic acids is 1. The third-order valence-electron chi connectivity index (χ3n) is 3.53. The summed E-state index contributed by atoms with van der Waals surface area (Å²) in [7, 11) is 0. The zero-order valence-electron chi connectivity index (χ0n) is 12.6. The van der Waals surface area contributed by atoms with E-state index in [4.69, 9.17) is 9.84 Å². The second kappa shape index (κ2) is 7.59. The summed E-state index contributed by atoms with van der Waals surface area (Å²) < 4.78 is 5.38. The Kier molecular flexibility index (Phi) is 6.42. The lowest BCUT2D eigenvalue weighted by atomic mass is 9.90. The van der Waals surface area contributed by atoms with Crippen LogP contribution in [0, 0.1) is 5.41 Å². The smallest absolute Gasteiger partial charge is 0.310 e. The van der Waals surface area contributed by atoms with Crippen LogP contribution < -0.4 is 5.32 Å². The minimum absolute atomic E-state index is 0.0517. The lowest BCUT2D eigenvalue weighted by Crippen LogP contribution is -2.38. The minimum atomic E-state index is -0.786. The predicted molar refractivity (Wildman–Crippen MR) is 75.5 cm³/mol. The molecule has 0 aromatic rings. The molecule has 20 heavy (non-hydrogen) atoms. The van der Waals surface area contributed by atoms with Gasteiger partial charge >= 0.3 is 5.97 Å². The first-order valence-corrected chi connectivity index (χ1v) is 7.17. The van der Waals surface area contributed by atoms with Crippen molar-refractivity contribution in [3.8, 4) is 0 Å². The van der Waals surface area contributed by atoms with E-state index in [2.05, 4.69) is 5.32 Å². The largest absolute Gasteiger partial charge is 0.481 e. The van der Waals surface area contributed by atoms with Gasteiger partial charge in [-0.2, -0.15) is 0 Å². The molecule has 1 fully saturated rings. The van der Waals surface area contributed by atoms with E-state index in [1.54, 1.807) is 6.92 Å². The first-order valence-electron chi connectivity index (χ1n) is 7.17. The molecular weight excluding hydrogens is 260 g/mol. The summed E-state index contributed by atoms with van der Waals surface area (Å²) >= 11 is 0. The Balaban J connectivity index is 2.16. The molecule has 1 heterocycles. The van der Waals surface area contributed by atoms with Crippen molar-refractivity contribution in [2.45, 2.75) is 39.7 Å². The van der Waals surface area contributed by atoms with Crippen LogP contribution in [0.4, 0.5) is 0 Å². The van der Waals surface area contributed by atoms with Crippen molar-refractivity contribution in [3.63, 3.8) is 0 Å². The third-order valence-corrected chi connectivity index (χ3v) is 3.53. The summed E-state index contributed by atoms with van der Waals surface area (Å²) in [4.78, 5) is 24.7. The fraction of sp³-hybridized carbons (Fsp3) is 0.857. The molecule has 0 aliphatic carbocycles. The molecule has 1 saturated heterocycles. The van der Waals surface area contributed by atoms with Crippen molar-refractivity contribution in [2.75, 3.05) is 32.8 Å². The molecule has 1 rings (SSSR count). The number of carbonyl (C=O) groups is 2. The van der Waals surface area contributed by atoms with Gasteiger partial charge in [-0.3, -0.25) is 14.5 Å². The molecule has 0 aromatic heterocycles. The maximum absolute atomic E-state index is 11.7. The molecule has 6 nitrogen and oxygen atoms in total. The highest BCUT2D eigenvalue weighted by molar-refractivity contribution is 5.79. The predicted octanol–water partition coefficient (Wildman–Crippen LogP) is 0.714. The highest BCUT2D eigenvalue weighted by Crippen LogP contribution is 2.29. The lowest BCUT2D eigenvalue weighted by Gasteiger charge is -2.19. The second-order valence-electron chi connectivity index (χ2n) is 5.95. The van der Waals surface area contributed by atoms with E-state index in [-0.39, 0.29) is 18.6 Å². The molecule has 0 saturated carbocycles. The number of carboxylic acids is 1. The van der Waals surface area contributed by atoms with Crippen LogP contribution in [0.3, 0.4) is 0 Å². The number of rotatable bonds is 8. The Morgan fingerprint density at radius 1 is 1.45 bits per heavy atom. The van der Waals surface area contributed by atoms with E-state index in [0.717, 1.165) is 6.42 Å². The number of amides is 1. The molecule has 1 atom stereocenters. The van der Waals surface area contributed by atoms with E-state index < -0.39 is 11.4 Å². The van der Waals surface area contributed by atoms with E-state index in [0.29, 0.717) is 32.7 Å². The Bertz CT molecular complexity index is 346. The number of likely N-dealkylation sites (tertiary alicyclic amines) is 1. The van der Waals surface area contributed by atoms with Crippen LogP contribution in [0.1, 0.15) is 33.6 Å². The van der Waals surface area contributed by atoms with Gasteiger partial charge in [0.15, 0.2) is 0 Å². The standard InChI is InChI=1S/C14H26N2O4/c1-11(2)20-8-4-6-15-12(17)9-16-7-5-14(3,10-16)13(18)19/h11H,4-10H2,1-3H3,(H,15,17)(H,18,19). The zero-order valence-corrected chi connectivity index (χ0v) is 12.6. The first kappa shape index (κ1) is 16.9. The summed E-state index contributed by atoms with van der Waals surface area (Å²) in [6, 6.07) is 0. The van der Waals surface area contributed by atoms with Crippen LogP contribution in [0.15, 0.2) is 0 Å². The van der Waals surface area contributed by atoms with E-state index >= 15 is 0 Å². The number of carboxylic acid groups (broad SMARTS) is 1. The summed E-state index contributed by atoms with van der Waals surface area (Å²) in [5.41, 5.74) is -0.717. The number of hydrogen-bond acceptors (Lipinski definition) is 4. The minimum Gasteiger partial charge on any atom is -0.481 e. The Hall–Kier alpha value is -1.14. The van der Waals surface area contributed by atoms with Crippen LogP contribution in [-0.2, 0) is 14.3 Å². The van der Waals surface area contributed by atoms with Gasteiger partial charge in [-0.25, -0.2) is 0 Å². The van der Waals surface area contributed by atoms with Gasteiger partial charge in [0.05, 0.1) is 18.1 Å². The number of nitrogens with one attached hydrogen (secondary N) is 1. The molecule has 0 bridgehead atoms. The number of carbonyl (C=O) groups excluding carboxylic acids is 1. The normalized spacial score (nSPS) is 23.2. The van der Waals surface area contributed by atoms with Crippen molar-refractivity contribution in [1.82, 2.24) is 10.2 Å². The van der Waals surface area contributed by atoms with Gasteiger partial charge in [0.1, 0.15) is 0 Å². The van der Waals surface area contributed by atoms with Crippen LogP contribution in [0.2, 0.25) is 0 Å². The van der Waals surface area contributed by atoms with E-state index in [1.807, 2.05) is 18.7 Å². The molecule has 0 aromatic carbocycles. The quantitative estimate of drug-likeness (QED) is 0.643. The molecular formula is C14H26N2O4. The van der Waals surface area contributed by atoms with E-state index in [1.165, 1.54) is 0 Å². The van der Waals surface area contributed by atoms with Gasteiger partial charge in [-0.15, -0.1) is 0 Å². The molecule has 1 amide bonds. The highest BCUT2D eigenvalue weighted by atomic mass is 16.5. The molecule has 1 aliphatic rings.